The van der Waals surface area contributed by atoms with Crippen LogP contribution in [0.3, 0.4) is 0 Å². The maximum atomic E-state index is 9.61. The molecule has 13 heteroatoms. The number of rotatable bonds is 10. The van der Waals surface area contributed by atoms with Crippen molar-refractivity contribution in [3.8, 4) is 28.7 Å². The van der Waals surface area contributed by atoms with Crippen LogP contribution < -0.4 is 19.7 Å². The Morgan fingerprint density at radius 3 is 2.49 bits per heavy atom. The number of hydrogen-bond acceptors (Lipinski definition) is 11. The lowest BCUT2D eigenvalue weighted by Crippen LogP contribution is -2.49. The summed E-state index contributed by atoms with van der Waals surface area (Å²) in [5, 5.41) is 17.0. The first-order valence-electron chi connectivity index (χ1n) is 15.0. The van der Waals surface area contributed by atoms with Crippen molar-refractivity contribution in [3.63, 3.8) is 0 Å². The Kier molecular flexibility index (Phi) is 10.7. The van der Waals surface area contributed by atoms with Gasteiger partial charge in [0.05, 0.1) is 38.1 Å². The summed E-state index contributed by atoms with van der Waals surface area (Å²) in [7, 11) is 1.68. The molecule has 0 aliphatic carbocycles. The number of benzene rings is 2. The van der Waals surface area contributed by atoms with E-state index < -0.39 is 0 Å². The summed E-state index contributed by atoms with van der Waals surface area (Å²) in [6.45, 7) is 8.23. The standard InChI is InChI=1S/C32H37N9O3.ClH/c1-23(20-41-22-34-21-37-41)44-30-15-24(3-4-25(30)17-33)26-18-35-32(36-19-26)38-29-6-5-28(16-31(29)42-2)39-9-7-27(8-10-39)40-11-13-43-14-12-40;/h3-6,15-16,18-19,21-23,27H,7-14,20H2,1-2H3,(H,35,36,38);1H/t23-;/m0./s1. The van der Waals surface area contributed by atoms with Gasteiger partial charge in [0.25, 0.3) is 0 Å². The highest BCUT2D eigenvalue weighted by Crippen LogP contribution is 2.33. The van der Waals surface area contributed by atoms with Crippen molar-refractivity contribution in [2.45, 2.75) is 38.5 Å². The maximum Gasteiger partial charge on any atom is 0.227 e. The molecular weight excluding hydrogens is 594 g/mol. The van der Waals surface area contributed by atoms with E-state index in [9.17, 15) is 5.26 Å². The van der Waals surface area contributed by atoms with Gasteiger partial charge in [-0.05, 0) is 49.6 Å². The zero-order valence-corrected chi connectivity index (χ0v) is 26.3. The Balaban J connectivity index is 0.00000400. The van der Waals surface area contributed by atoms with E-state index in [0.717, 1.165) is 80.5 Å². The summed E-state index contributed by atoms with van der Waals surface area (Å²) < 4.78 is 19.1. The zero-order chi connectivity index (χ0) is 30.3. The van der Waals surface area contributed by atoms with E-state index in [4.69, 9.17) is 14.2 Å². The molecule has 12 nitrogen and oxygen atoms in total. The quantitative estimate of drug-likeness (QED) is 0.265. The predicted molar refractivity (Wildman–Crippen MR) is 173 cm³/mol. The normalized spacial score (nSPS) is 16.3. The maximum absolute atomic E-state index is 9.61. The molecule has 0 amide bonds. The highest BCUT2D eigenvalue weighted by molar-refractivity contribution is 5.85. The summed E-state index contributed by atoms with van der Waals surface area (Å²) in [5.74, 6) is 1.69. The van der Waals surface area contributed by atoms with Crippen LogP contribution in [0.5, 0.6) is 11.5 Å². The third-order valence-corrected chi connectivity index (χ3v) is 8.15. The molecule has 4 heterocycles. The number of halogens is 1. The summed E-state index contributed by atoms with van der Waals surface area (Å²) in [5.41, 5.74) is 4.05. The highest BCUT2D eigenvalue weighted by Gasteiger charge is 2.26. The lowest BCUT2D eigenvalue weighted by atomic mass is 10.0. The predicted octanol–water partition coefficient (Wildman–Crippen LogP) is 4.55. The lowest BCUT2D eigenvalue weighted by molar-refractivity contribution is 0.0115. The number of nitrogens with zero attached hydrogens (tertiary/aromatic N) is 8. The van der Waals surface area contributed by atoms with Crippen LogP contribution in [0, 0.1) is 11.3 Å². The molecule has 4 aromatic rings. The number of piperidine rings is 1. The average molecular weight is 632 g/mol. The van der Waals surface area contributed by atoms with Gasteiger partial charge in [-0.15, -0.1) is 12.4 Å². The van der Waals surface area contributed by atoms with E-state index in [1.54, 1.807) is 36.6 Å². The van der Waals surface area contributed by atoms with Crippen LogP contribution in [0.15, 0.2) is 61.4 Å². The minimum Gasteiger partial charge on any atom is -0.494 e. The van der Waals surface area contributed by atoms with Crippen molar-refractivity contribution in [2.75, 3.05) is 56.7 Å². The molecule has 2 fully saturated rings. The minimum atomic E-state index is -0.217. The molecule has 1 atom stereocenters. The molecule has 45 heavy (non-hydrogen) atoms. The second-order valence-electron chi connectivity index (χ2n) is 11.0. The number of hydrogen-bond donors (Lipinski definition) is 1. The molecule has 2 aromatic heterocycles. The SMILES string of the molecule is COc1cc(N2CCC(N3CCOCC3)CC2)ccc1Nc1ncc(-c2ccc(C#N)c(O[C@@H](C)Cn3cncn3)c2)cn1.Cl. The van der Waals surface area contributed by atoms with Gasteiger partial charge in [0, 0.05) is 61.9 Å². The number of aromatic nitrogens is 5. The molecule has 0 unspecified atom stereocenters. The van der Waals surface area contributed by atoms with Crippen molar-refractivity contribution >= 4 is 29.7 Å². The molecule has 1 N–H and O–H groups in total. The summed E-state index contributed by atoms with van der Waals surface area (Å²) in [6.07, 6.45) is 8.70. The fourth-order valence-electron chi connectivity index (χ4n) is 5.81. The number of nitrogens with one attached hydrogen (secondary N) is 1. The van der Waals surface area contributed by atoms with Crippen LogP contribution in [0.1, 0.15) is 25.3 Å². The number of nitriles is 1. The van der Waals surface area contributed by atoms with Gasteiger partial charge in [0.15, 0.2) is 0 Å². The van der Waals surface area contributed by atoms with Crippen molar-refractivity contribution in [2.24, 2.45) is 0 Å². The first-order valence-corrected chi connectivity index (χ1v) is 15.0. The molecule has 0 saturated carbocycles. The molecular formula is C32H38ClN9O3. The van der Waals surface area contributed by atoms with E-state index >= 15 is 0 Å². The van der Waals surface area contributed by atoms with Crippen molar-refractivity contribution in [1.29, 1.82) is 5.26 Å². The van der Waals surface area contributed by atoms with E-state index in [2.05, 4.69) is 53.4 Å². The largest absolute Gasteiger partial charge is 0.494 e. The second-order valence-corrected chi connectivity index (χ2v) is 11.0. The van der Waals surface area contributed by atoms with Gasteiger partial charge in [-0.3, -0.25) is 4.90 Å². The van der Waals surface area contributed by atoms with Crippen molar-refractivity contribution in [1.82, 2.24) is 29.6 Å². The Labute approximate surface area is 269 Å². The van der Waals surface area contributed by atoms with Gasteiger partial charge in [0.2, 0.25) is 5.95 Å². The Hall–Kier alpha value is -4.44. The lowest BCUT2D eigenvalue weighted by Gasteiger charge is -2.40. The summed E-state index contributed by atoms with van der Waals surface area (Å²) >= 11 is 0. The Morgan fingerprint density at radius 2 is 1.80 bits per heavy atom. The third kappa shape index (κ3) is 7.81. The minimum absolute atomic E-state index is 0. The number of ether oxygens (including phenoxy) is 3. The molecule has 2 aromatic carbocycles. The van der Waals surface area contributed by atoms with E-state index in [-0.39, 0.29) is 18.5 Å². The number of methoxy groups -OCH3 is 1. The van der Waals surface area contributed by atoms with Crippen LogP contribution >= 0.6 is 12.4 Å². The van der Waals surface area contributed by atoms with Gasteiger partial charge in [-0.25, -0.2) is 19.6 Å². The fraction of sp³-hybridized carbons (Fsp3) is 0.406. The third-order valence-electron chi connectivity index (χ3n) is 8.15. The Bertz CT molecular complexity index is 1570. The number of morpholine rings is 1. The zero-order valence-electron chi connectivity index (χ0n) is 25.5. The summed E-state index contributed by atoms with van der Waals surface area (Å²) in [4.78, 5) is 18.1. The van der Waals surface area contributed by atoms with Crippen molar-refractivity contribution in [3.05, 3.63) is 67.0 Å². The Morgan fingerprint density at radius 1 is 1.02 bits per heavy atom. The molecule has 0 bridgehead atoms. The molecule has 0 spiro atoms. The van der Waals surface area contributed by atoms with Crippen LogP contribution in [0.25, 0.3) is 11.1 Å². The molecule has 2 aliphatic rings. The molecule has 2 saturated heterocycles. The van der Waals surface area contributed by atoms with Gasteiger partial charge in [-0.1, -0.05) is 6.07 Å². The van der Waals surface area contributed by atoms with Crippen LogP contribution in [0.2, 0.25) is 0 Å². The second kappa shape index (κ2) is 15.0. The van der Waals surface area contributed by atoms with E-state index in [1.165, 1.54) is 6.33 Å². The summed E-state index contributed by atoms with van der Waals surface area (Å²) in [6, 6.07) is 14.5. The van der Waals surface area contributed by atoms with E-state index in [0.29, 0.717) is 29.8 Å². The van der Waals surface area contributed by atoms with Crippen LogP contribution in [0.4, 0.5) is 17.3 Å². The molecule has 0 radical (unpaired) electrons. The smallest absolute Gasteiger partial charge is 0.227 e. The van der Waals surface area contributed by atoms with Crippen LogP contribution in [-0.2, 0) is 11.3 Å². The first kappa shape index (κ1) is 32.0. The number of anilines is 3. The topological polar surface area (TPSA) is 126 Å². The van der Waals surface area contributed by atoms with Gasteiger partial charge in [-0.2, -0.15) is 10.4 Å². The van der Waals surface area contributed by atoms with Crippen molar-refractivity contribution < 1.29 is 14.2 Å². The van der Waals surface area contributed by atoms with Crippen LogP contribution in [-0.4, -0.2) is 88.3 Å². The monoisotopic (exact) mass is 631 g/mol. The molecule has 236 valence electrons. The first-order chi connectivity index (χ1) is 21.6. The molecule has 2 aliphatic heterocycles. The van der Waals surface area contributed by atoms with Gasteiger partial charge < -0.3 is 24.4 Å². The molecule has 6 rings (SSSR count). The van der Waals surface area contributed by atoms with Gasteiger partial charge >= 0.3 is 0 Å². The average Bonchev–Trinajstić information content (AvgIpc) is 3.58. The van der Waals surface area contributed by atoms with E-state index in [1.807, 2.05) is 25.1 Å². The highest BCUT2D eigenvalue weighted by atomic mass is 35.5. The van der Waals surface area contributed by atoms with Gasteiger partial charge in [0.1, 0.15) is 36.3 Å². The fourth-order valence-corrected chi connectivity index (χ4v) is 5.81.